The van der Waals surface area contributed by atoms with E-state index in [-0.39, 0.29) is 11.7 Å². The normalized spacial score (nSPS) is 16.4. The molecule has 1 aromatic heterocycles. The van der Waals surface area contributed by atoms with E-state index in [0.29, 0.717) is 6.42 Å². The monoisotopic (exact) mass is 378 g/mol. The molecule has 4 heteroatoms. The van der Waals surface area contributed by atoms with Crippen LogP contribution in [0.4, 0.5) is 0 Å². The molecule has 1 aliphatic rings. The Morgan fingerprint density at radius 2 is 1.81 bits per heavy atom. The zero-order valence-corrected chi connectivity index (χ0v) is 16.2. The predicted octanol–water partition coefficient (Wildman–Crippen LogP) is 5.39. The minimum Gasteiger partial charge on any atom is -0.294 e. The van der Waals surface area contributed by atoms with Gasteiger partial charge in [-0.25, -0.2) is 0 Å². The van der Waals surface area contributed by atoms with E-state index < -0.39 is 0 Å². The lowest BCUT2D eigenvalue weighted by Crippen LogP contribution is -2.21. The molecule has 0 bridgehead atoms. The third-order valence-electron chi connectivity index (χ3n) is 5.41. The summed E-state index contributed by atoms with van der Waals surface area (Å²) in [6.07, 6.45) is 3.34. The molecular weight excluding hydrogens is 356 g/mol. The number of fused-ring (bicyclic) bond motifs is 1. The molecule has 0 amide bonds. The van der Waals surface area contributed by atoms with Gasteiger partial charge in [-0.2, -0.15) is 5.10 Å². The molecule has 3 nitrogen and oxygen atoms in total. The van der Waals surface area contributed by atoms with Gasteiger partial charge in [-0.15, -0.1) is 0 Å². The number of Topliss-reactive ketones (excluding diaryl/α,β-unsaturated/α-hetero) is 1. The number of carbonyl (C=O) groups is 1. The van der Waals surface area contributed by atoms with Gasteiger partial charge in [0.25, 0.3) is 0 Å². The molecule has 4 rings (SSSR count). The number of nitrogens with zero attached hydrogens (tertiary/aromatic N) is 2. The quantitative estimate of drug-likeness (QED) is 0.596. The van der Waals surface area contributed by atoms with Crippen LogP contribution < -0.4 is 0 Å². The smallest absolute Gasteiger partial charge is 0.167 e. The van der Waals surface area contributed by atoms with Crippen molar-refractivity contribution < 1.29 is 4.79 Å². The van der Waals surface area contributed by atoms with E-state index in [1.54, 1.807) is 0 Å². The van der Waals surface area contributed by atoms with Gasteiger partial charge in [0, 0.05) is 18.0 Å². The molecule has 1 atom stereocenters. The van der Waals surface area contributed by atoms with Crippen molar-refractivity contribution in [3.05, 3.63) is 87.7 Å². The highest BCUT2D eigenvalue weighted by Crippen LogP contribution is 2.37. The van der Waals surface area contributed by atoms with Crippen LogP contribution in [0.2, 0.25) is 5.02 Å². The summed E-state index contributed by atoms with van der Waals surface area (Å²) in [6, 6.07) is 18.3. The van der Waals surface area contributed by atoms with Crippen molar-refractivity contribution in [2.24, 2.45) is 0 Å². The maximum absolute atomic E-state index is 12.8. The van der Waals surface area contributed by atoms with Gasteiger partial charge in [-0.3, -0.25) is 9.48 Å². The van der Waals surface area contributed by atoms with Gasteiger partial charge in [0.15, 0.2) is 5.78 Å². The minimum atomic E-state index is 0.127. The first-order valence-electron chi connectivity index (χ1n) is 9.51. The average Bonchev–Trinajstić information content (AvgIpc) is 2.99. The van der Waals surface area contributed by atoms with Crippen LogP contribution in [0.5, 0.6) is 0 Å². The number of aromatic nitrogens is 2. The summed E-state index contributed by atoms with van der Waals surface area (Å²) in [5, 5.41) is 5.43. The number of benzene rings is 2. The molecule has 1 aliphatic carbocycles. The highest BCUT2D eigenvalue weighted by atomic mass is 35.5. The SMILES string of the molecule is Cc1nn(CCCc2ccccc2)c2c1C(=O)CC(c1ccccc1Cl)C2. The predicted molar refractivity (Wildman–Crippen MR) is 109 cm³/mol. The van der Waals surface area contributed by atoms with E-state index in [4.69, 9.17) is 11.6 Å². The van der Waals surface area contributed by atoms with Crippen molar-refractivity contribution in [1.82, 2.24) is 9.78 Å². The Morgan fingerprint density at radius 1 is 1.07 bits per heavy atom. The molecular formula is C23H23ClN2O. The number of hydrogen-bond acceptors (Lipinski definition) is 2. The minimum absolute atomic E-state index is 0.127. The number of carbonyl (C=O) groups excluding carboxylic acids is 1. The summed E-state index contributed by atoms with van der Waals surface area (Å²) in [6.45, 7) is 2.77. The highest BCUT2D eigenvalue weighted by Gasteiger charge is 2.32. The van der Waals surface area contributed by atoms with Crippen LogP contribution in [-0.2, 0) is 19.4 Å². The van der Waals surface area contributed by atoms with Crippen LogP contribution in [0, 0.1) is 6.92 Å². The first kappa shape index (κ1) is 18.0. The van der Waals surface area contributed by atoms with Crippen LogP contribution in [0.3, 0.4) is 0 Å². The summed E-state index contributed by atoms with van der Waals surface area (Å²) in [5.41, 5.74) is 5.15. The molecule has 0 spiro atoms. The Labute approximate surface area is 165 Å². The fourth-order valence-corrected chi connectivity index (χ4v) is 4.41. The lowest BCUT2D eigenvalue weighted by atomic mass is 9.81. The Kier molecular flexibility index (Phi) is 5.13. The average molecular weight is 379 g/mol. The number of hydrogen-bond donors (Lipinski definition) is 0. The molecule has 0 radical (unpaired) electrons. The van der Waals surface area contributed by atoms with E-state index in [1.807, 2.05) is 37.3 Å². The Balaban J connectivity index is 1.55. The fraction of sp³-hybridized carbons (Fsp3) is 0.304. The fourth-order valence-electron chi connectivity index (χ4n) is 4.12. The first-order chi connectivity index (χ1) is 13.1. The molecule has 3 aromatic rings. The van der Waals surface area contributed by atoms with Gasteiger partial charge in [0.05, 0.1) is 17.0 Å². The van der Waals surface area contributed by atoms with Crippen LogP contribution in [0.15, 0.2) is 54.6 Å². The number of halogens is 1. The van der Waals surface area contributed by atoms with E-state index in [9.17, 15) is 4.79 Å². The third kappa shape index (κ3) is 3.70. The van der Waals surface area contributed by atoms with E-state index in [2.05, 4.69) is 34.0 Å². The number of aryl methyl sites for hydroxylation is 3. The number of ketones is 1. The lowest BCUT2D eigenvalue weighted by Gasteiger charge is -2.24. The first-order valence-corrected chi connectivity index (χ1v) is 9.89. The summed E-state index contributed by atoms with van der Waals surface area (Å²) in [5.74, 6) is 0.315. The number of rotatable bonds is 5. The van der Waals surface area contributed by atoms with E-state index >= 15 is 0 Å². The van der Waals surface area contributed by atoms with E-state index in [1.165, 1.54) is 5.56 Å². The van der Waals surface area contributed by atoms with Crippen molar-refractivity contribution in [2.45, 2.75) is 45.1 Å². The zero-order chi connectivity index (χ0) is 18.8. The Morgan fingerprint density at radius 3 is 2.59 bits per heavy atom. The van der Waals surface area contributed by atoms with Crippen molar-refractivity contribution in [1.29, 1.82) is 0 Å². The Hall–Kier alpha value is -2.39. The second kappa shape index (κ2) is 7.69. The lowest BCUT2D eigenvalue weighted by molar-refractivity contribution is 0.0962. The van der Waals surface area contributed by atoms with Crippen molar-refractivity contribution in [3.8, 4) is 0 Å². The van der Waals surface area contributed by atoms with Crippen LogP contribution >= 0.6 is 11.6 Å². The third-order valence-corrected chi connectivity index (χ3v) is 5.75. The molecule has 1 heterocycles. The van der Waals surface area contributed by atoms with E-state index in [0.717, 1.165) is 53.3 Å². The van der Waals surface area contributed by atoms with Crippen LogP contribution in [0.1, 0.15) is 51.6 Å². The molecule has 0 aliphatic heterocycles. The van der Waals surface area contributed by atoms with Gasteiger partial charge in [-0.1, -0.05) is 60.1 Å². The summed E-state index contributed by atoms with van der Waals surface area (Å²) >= 11 is 6.40. The van der Waals surface area contributed by atoms with Crippen molar-refractivity contribution in [2.75, 3.05) is 0 Å². The summed E-state index contributed by atoms with van der Waals surface area (Å²) in [4.78, 5) is 12.8. The van der Waals surface area contributed by atoms with Gasteiger partial charge < -0.3 is 0 Å². The van der Waals surface area contributed by atoms with Gasteiger partial charge in [0.2, 0.25) is 0 Å². The second-order valence-corrected chi connectivity index (χ2v) is 7.68. The molecule has 0 N–H and O–H groups in total. The zero-order valence-electron chi connectivity index (χ0n) is 15.5. The molecule has 2 aromatic carbocycles. The molecule has 0 saturated heterocycles. The largest absolute Gasteiger partial charge is 0.294 e. The van der Waals surface area contributed by atoms with Crippen LogP contribution in [-0.4, -0.2) is 15.6 Å². The summed E-state index contributed by atoms with van der Waals surface area (Å²) in [7, 11) is 0. The maximum atomic E-state index is 12.8. The molecule has 27 heavy (non-hydrogen) atoms. The van der Waals surface area contributed by atoms with Gasteiger partial charge in [-0.05, 0) is 49.3 Å². The standard InChI is InChI=1S/C23H23ClN2O/c1-16-23-21(26(25-16)13-7-10-17-8-3-2-4-9-17)14-18(15-22(23)27)19-11-5-6-12-20(19)24/h2-6,8-9,11-12,18H,7,10,13-15H2,1H3. The molecule has 1 unspecified atom stereocenters. The van der Waals surface area contributed by atoms with Gasteiger partial charge in [0.1, 0.15) is 0 Å². The van der Waals surface area contributed by atoms with Crippen molar-refractivity contribution in [3.63, 3.8) is 0 Å². The highest BCUT2D eigenvalue weighted by molar-refractivity contribution is 6.31. The topological polar surface area (TPSA) is 34.9 Å². The molecule has 0 saturated carbocycles. The van der Waals surface area contributed by atoms with Gasteiger partial charge >= 0.3 is 0 Å². The maximum Gasteiger partial charge on any atom is 0.167 e. The summed E-state index contributed by atoms with van der Waals surface area (Å²) < 4.78 is 2.05. The van der Waals surface area contributed by atoms with Crippen molar-refractivity contribution >= 4 is 17.4 Å². The molecule has 138 valence electrons. The molecule has 0 fully saturated rings. The van der Waals surface area contributed by atoms with Crippen LogP contribution in [0.25, 0.3) is 0 Å². The Bertz CT molecular complexity index is 962. The second-order valence-electron chi connectivity index (χ2n) is 7.27.